The molecule has 1 heteroatoms. The molecule has 0 amide bonds. The number of rotatable bonds is 1. The van der Waals surface area contributed by atoms with E-state index in [1.165, 1.54) is 0 Å². The molecule has 0 aliphatic rings. The van der Waals surface area contributed by atoms with Crippen molar-refractivity contribution in [2.24, 2.45) is 0 Å². The van der Waals surface area contributed by atoms with Crippen LogP contribution in [0.3, 0.4) is 0 Å². The van der Waals surface area contributed by atoms with Gasteiger partial charge in [-0.15, -0.1) is 0 Å². The van der Waals surface area contributed by atoms with E-state index in [0.29, 0.717) is 5.75 Å². The lowest BCUT2D eigenvalue weighted by atomic mass is 10.1. The number of ether oxygens (including phenoxy) is 1. The van der Waals surface area contributed by atoms with Crippen LogP contribution < -0.4 is 4.74 Å². The fourth-order valence-corrected chi connectivity index (χ4v) is 0.817. The molecule has 1 aromatic carbocycles. The van der Waals surface area contributed by atoms with E-state index in [-0.39, 0.29) is 0 Å². The Morgan fingerprint density at radius 1 is 1.40 bits per heavy atom. The maximum Gasteiger partial charge on any atom is 0.122 e. The lowest BCUT2D eigenvalue weighted by Gasteiger charge is -2.03. The second-order valence-electron chi connectivity index (χ2n) is 2.37. The molecule has 0 aliphatic heterocycles. The monoisotopic (exact) mass is 139 g/mol. The molecule has 0 unspecified atom stereocenters. The van der Waals surface area contributed by atoms with E-state index < -0.39 is 7.04 Å². The molecule has 0 N–H and O–H groups in total. The van der Waals surface area contributed by atoms with Crippen LogP contribution in [0.2, 0.25) is 0 Å². The van der Waals surface area contributed by atoms with Crippen molar-refractivity contribution in [1.82, 2.24) is 0 Å². The molecule has 1 aromatic rings. The number of methoxy groups -OCH3 is 1. The Hall–Kier alpha value is -0.980. The van der Waals surface area contributed by atoms with Crippen LogP contribution in [0.1, 0.15) is 15.2 Å². The lowest BCUT2D eigenvalue weighted by Crippen LogP contribution is -1.86. The fraction of sp³-hybridized carbons (Fsp3) is 0.333. The molecule has 1 rings (SSSR count). The van der Waals surface area contributed by atoms with Gasteiger partial charge in [0.2, 0.25) is 0 Å². The summed E-state index contributed by atoms with van der Waals surface area (Å²) in [5.41, 5.74) is 1.83. The quantitative estimate of drug-likeness (QED) is 0.580. The molecule has 0 heterocycles. The van der Waals surface area contributed by atoms with Crippen molar-refractivity contribution >= 4 is 0 Å². The number of hydrogen-bond acceptors (Lipinski definition) is 1. The fourth-order valence-electron chi connectivity index (χ4n) is 0.817. The summed E-state index contributed by atoms with van der Waals surface area (Å²) in [6.07, 6.45) is 0. The predicted molar refractivity (Wildman–Crippen MR) is 42.5 cm³/mol. The number of aryl methyl sites for hydroxylation is 2. The highest BCUT2D eigenvalue weighted by Gasteiger charge is 1.94. The Kier molecular flexibility index (Phi) is 1.10. The van der Waals surface area contributed by atoms with E-state index in [1.807, 2.05) is 26.0 Å². The molecule has 10 heavy (non-hydrogen) atoms. The van der Waals surface area contributed by atoms with Crippen molar-refractivity contribution in [1.29, 1.82) is 0 Å². The van der Waals surface area contributed by atoms with Gasteiger partial charge in [-0.05, 0) is 31.0 Å². The summed E-state index contributed by atoms with van der Waals surface area (Å²) < 4.78 is 25.7. The molecule has 0 aliphatic carbocycles. The van der Waals surface area contributed by atoms with Gasteiger partial charge in [-0.1, -0.05) is 12.1 Å². The van der Waals surface area contributed by atoms with E-state index in [0.717, 1.165) is 11.1 Å². The molecule has 0 saturated heterocycles. The second kappa shape index (κ2) is 2.74. The maximum absolute atomic E-state index is 6.95. The van der Waals surface area contributed by atoms with Crippen molar-refractivity contribution < 1.29 is 8.85 Å². The summed E-state index contributed by atoms with van der Waals surface area (Å²) in [5.74, 6) is 0.431. The number of benzene rings is 1. The SMILES string of the molecule is [2H]C([2H])([2H])Oc1cc(C)ccc1C. The van der Waals surface area contributed by atoms with Gasteiger partial charge in [-0.25, -0.2) is 0 Å². The van der Waals surface area contributed by atoms with Crippen LogP contribution in [0, 0.1) is 13.8 Å². The van der Waals surface area contributed by atoms with Gasteiger partial charge in [-0.2, -0.15) is 0 Å². The molecule has 54 valence electrons. The van der Waals surface area contributed by atoms with Crippen LogP contribution in [0.4, 0.5) is 0 Å². The van der Waals surface area contributed by atoms with Crippen LogP contribution in [-0.2, 0) is 0 Å². The molecule has 0 atom stereocenters. The van der Waals surface area contributed by atoms with Gasteiger partial charge in [0.05, 0.1) is 11.2 Å². The van der Waals surface area contributed by atoms with Crippen LogP contribution in [-0.4, -0.2) is 7.04 Å². The van der Waals surface area contributed by atoms with E-state index in [1.54, 1.807) is 6.07 Å². The van der Waals surface area contributed by atoms with Crippen molar-refractivity contribution in [3.05, 3.63) is 29.3 Å². The van der Waals surface area contributed by atoms with Crippen molar-refractivity contribution in [2.75, 3.05) is 7.04 Å². The Balaban J connectivity index is 2.94. The summed E-state index contributed by atoms with van der Waals surface area (Å²) in [4.78, 5) is 0. The first-order valence-electron chi connectivity index (χ1n) is 4.65. The minimum absolute atomic E-state index is 0.431. The summed E-state index contributed by atoms with van der Waals surface area (Å²) in [7, 11) is -2.36. The van der Waals surface area contributed by atoms with Gasteiger partial charge in [0.15, 0.2) is 0 Å². The first-order chi connectivity index (χ1) is 5.88. The largest absolute Gasteiger partial charge is 0.496 e. The van der Waals surface area contributed by atoms with E-state index >= 15 is 0 Å². The molecule has 0 aromatic heterocycles. The minimum Gasteiger partial charge on any atom is -0.496 e. The molecule has 0 fully saturated rings. The normalized spacial score (nSPS) is 15.2. The van der Waals surface area contributed by atoms with E-state index in [4.69, 9.17) is 8.85 Å². The topological polar surface area (TPSA) is 9.23 Å². The van der Waals surface area contributed by atoms with Crippen molar-refractivity contribution in [3.63, 3.8) is 0 Å². The summed E-state index contributed by atoms with van der Waals surface area (Å²) in [5, 5.41) is 0. The highest BCUT2D eigenvalue weighted by molar-refractivity contribution is 5.35. The molecule has 1 nitrogen and oxygen atoms in total. The highest BCUT2D eigenvalue weighted by Crippen LogP contribution is 2.17. The van der Waals surface area contributed by atoms with Gasteiger partial charge in [0, 0.05) is 0 Å². The third-order valence-corrected chi connectivity index (χ3v) is 1.45. The lowest BCUT2D eigenvalue weighted by molar-refractivity contribution is 0.411. The Bertz CT molecular complexity index is 304. The summed E-state index contributed by atoms with van der Waals surface area (Å²) in [6, 6.07) is 5.49. The van der Waals surface area contributed by atoms with Gasteiger partial charge in [0.25, 0.3) is 0 Å². The Morgan fingerprint density at radius 3 is 2.90 bits per heavy atom. The molecule has 0 saturated carbocycles. The standard InChI is InChI=1S/C9H12O/c1-7-4-5-8(2)9(6-7)10-3/h4-6H,1-3H3/i3D3. The molecular formula is C9H12O. The zero-order valence-electron chi connectivity index (χ0n) is 9.14. The van der Waals surface area contributed by atoms with Crippen LogP contribution in [0.25, 0.3) is 0 Å². The second-order valence-corrected chi connectivity index (χ2v) is 2.37. The van der Waals surface area contributed by atoms with Gasteiger partial charge in [0.1, 0.15) is 5.75 Å². The molecule has 0 spiro atoms. The predicted octanol–water partition coefficient (Wildman–Crippen LogP) is 2.31. The van der Waals surface area contributed by atoms with Gasteiger partial charge >= 0.3 is 0 Å². The van der Waals surface area contributed by atoms with Gasteiger partial charge in [-0.3, -0.25) is 0 Å². The van der Waals surface area contributed by atoms with Crippen molar-refractivity contribution in [2.45, 2.75) is 13.8 Å². The van der Waals surface area contributed by atoms with E-state index in [9.17, 15) is 0 Å². The number of hydrogen-bond donors (Lipinski definition) is 0. The third kappa shape index (κ3) is 1.29. The Labute approximate surface area is 65.9 Å². The molecule has 0 bridgehead atoms. The zero-order chi connectivity index (χ0) is 10.1. The smallest absolute Gasteiger partial charge is 0.122 e. The van der Waals surface area contributed by atoms with Gasteiger partial charge < -0.3 is 4.74 Å². The third-order valence-electron chi connectivity index (χ3n) is 1.45. The molecular weight excluding hydrogens is 124 g/mol. The first-order valence-corrected chi connectivity index (χ1v) is 3.15. The minimum atomic E-state index is -2.36. The molecule has 0 radical (unpaired) electrons. The van der Waals surface area contributed by atoms with Crippen LogP contribution in [0.15, 0.2) is 18.2 Å². The first kappa shape index (κ1) is 4.02. The zero-order valence-corrected chi connectivity index (χ0v) is 6.14. The van der Waals surface area contributed by atoms with E-state index in [2.05, 4.69) is 0 Å². The Morgan fingerprint density at radius 2 is 2.20 bits per heavy atom. The maximum atomic E-state index is 6.95. The van der Waals surface area contributed by atoms with Crippen LogP contribution in [0.5, 0.6) is 5.75 Å². The summed E-state index contributed by atoms with van der Waals surface area (Å²) in [6.45, 7) is 3.71. The van der Waals surface area contributed by atoms with Crippen molar-refractivity contribution in [3.8, 4) is 5.75 Å². The average Bonchev–Trinajstić information content (AvgIpc) is 1.94. The highest BCUT2D eigenvalue weighted by atomic mass is 16.5. The average molecular weight is 139 g/mol. The summed E-state index contributed by atoms with van der Waals surface area (Å²) >= 11 is 0. The van der Waals surface area contributed by atoms with Crippen LogP contribution >= 0.6 is 0 Å².